The van der Waals surface area contributed by atoms with Gasteiger partial charge in [-0.05, 0) is 30.3 Å². The summed E-state index contributed by atoms with van der Waals surface area (Å²) in [5.74, 6) is 0.153. The van der Waals surface area contributed by atoms with Crippen LogP contribution in [-0.4, -0.2) is 35.7 Å². The predicted molar refractivity (Wildman–Crippen MR) is 90.7 cm³/mol. The molecule has 0 aliphatic rings. The van der Waals surface area contributed by atoms with Crippen LogP contribution in [0, 0.1) is 0 Å². The van der Waals surface area contributed by atoms with Gasteiger partial charge in [0.05, 0.1) is 17.6 Å². The van der Waals surface area contributed by atoms with Crippen molar-refractivity contribution in [3.05, 3.63) is 79.0 Å². The summed E-state index contributed by atoms with van der Waals surface area (Å²) >= 11 is 0. The van der Waals surface area contributed by atoms with Crippen LogP contribution in [0.3, 0.4) is 0 Å². The minimum Gasteiger partial charge on any atom is -0.317 e. The fourth-order valence-electron chi connectivity index (χ4n) is 2.33. The van der Waals surface area contributed by atoms with Gasteiger partial charge in [-0.2, -0.15) is 5.10 Å². The van der Waals surface area contributed by atoms with E-state index >= 15 is 0 Å². The number of para-hydroxylation sites is 1. The van der Waals surface area contributed by atoms with E-state index in [4.69, 9.17) is 0 Å². The molecule has 0 spiro atoms. The van der Waals surface area contributed by atoms with E-state index in [0.29, 0.717) is 11.5 Å². The first-order valence-electron chi connectivity index (χ1n) is 7.55. The van der Waals surface area contributed by atoms with E-state index in [0.717, 1.165) is 5.69 Å². The summed E-state index contributed by atoms with van der Waals surface area (Å²) in [6, 6.07) is 14.7. The summed E-state index contributed by atoms with van der Waals surface area (Å²) < 4.78 is 3.13. The summed E-state index contributed by atoms with van der Waals surface area (Å²) in [4.78, 5) is 16.8. The molecule has 122 valence electrons. The lowest BCUT2D eigenvalue weighted by atomic mass is 10.3. The maximum absolute atomic E-state index is 12.5. The third kappa shape index (κ3) is 3.00. The molecular weight excluding hydrogens is 318 g/mol. The molecule has 0 saturated carbocycles. The first kappa shape index (κ1) is 14.8. The highest BCUT2D eigenvalue weighted by Gasteiger charge is 2.15. The Morgan fingerprint density at radius 1 is 0.960 bits per heavy atom. The molecule has 1 N–H and O–H groups in total. The maximum Gasteiger partial charge on any atom is 0.277 e. The van der Waals surface area contributed by atoms with Crippen LogP contribution >= 0.6 is 0 Å². The van der Waals surface area contributed by atoms with Crippen molar-refractivity contribution in [2.24, 2.45) is 0 Å². The van der Waals surface area contributed by atoms with Crippen molar-refractivity contribution in [1.82, 2.24) is 29.8 Å². The van der Waals surface area contributed by atoms with Gasteiger partial charge in [0, 0.05) is 18.6 Å². The van der Waals surface area contributed by atoms with Crippen molar-refractivity contribution in [3.63, 3.8) is 0 Å². The number of rotatable bonds is 4. The Morgan fingerprint density at radius 2 is 1.84 bits per heavy atom. The monoisotopic (exact) mass is 331 g/mol. The number of amides is 1. The van der Waals surface area contributed by atoms with Gasteiger partial charge in [-0.15, -0.1) is 5.10 Å². The number of pyridine rings is 1. The zero-order valence-corrected chi connectivity index (χ0v) is 13.0. The van der Waals surface area contributed by atoms with Crippen molar-refractivity contribution in [2.75, 3.05) is 5.32 Å². The third-order valence-electron chi connectivity index (χ3n) is 3.50. The molecule has 1 aromatic carbocycles. The molecule has 0 aliphatic carbocycles. The van der Waals surface area contributed by atoms with Crippen LogP contribution in [-0.2, 0) is 0 Å². The second-order valence-corrected chi connectivity index (χ2v) is 5.16. The second-order valence-electron chi connectivity index (χ2n) is 5.16. The minimum atomic E-state index is -0.372. The zero-order chi connectivity index (χ0) is 17.1. The molecule has 0 fully saturated rings. The average molecular weight is 331 g/mol. The molecule has 4 rings (SSSR count). The van der Waals surface area contributed by atoms with Crippen LogP contribution < -0.4 is 5.32 Å². The van der Waals surface area contributed by atoms with Crippen LogP contribution in [0.25, 0.3) is 11.5 Å². The van der Waals surface area contributed by atoms with E-state index < -0.39 is 0 Å². The van der Waals surface area contributed by atoms with Crippen LogP contribution in [0.4, 0.5) is 5.69 Å². The zero-order valence-electron chi connectivity index (χ0n) is 13.0. The summed E-state index contributed by atoms with van der Waals surface area (Å²) in [5, 5.41) is 14.9. The number of hydrogen-bond acceptors (Lipinski definition) is 5. The topological polar surface area (TPSA) is 90.5 Å². The fourth-order valence-corrected chi connectivity index (χ4v) is 2.33. The van der Waals surface area contributed by atoms with E-state index in [9.17, 15) is 4.79 Å². The Labute approximate surface area is 142 Å². The number of hydrogen-bond donors (Lipinski definition) is 1. The molecule has 4 aromatic rings. The second kappa shape index (κ2) is 6.36. The van der Waals surface area contributed by atoms with E-state index in [1.165, 1.54) is 0 Å². The van der Waals surface area contributed by atoms with Crippen molar-refractivity contribution >= 4 is 11.6 Å². The number of nitrogens with zero attached hydrogens (tertiary/aromatic N) is 6. The number of nitrogens with one attached hydrogen (secondary N) is 1. The Morgan fingerprint density at radius 3 is 2.64 bits per heavy atom. The highest BCUT2D eigenvalue weighted by Crippen LogP contribution is 2.17. The summed E-state index contributed by atoms with van der Waals surface area (Å²) in [6.07, 6.45) is 6.61. The Hall–Kier alpha value is -3.81. The van der Waals surface area contributed by atoms with Gasteiger partial charge < -0.3 is 5.32 Å². The molecule has 25 heavy (non-hydrogen) atoms. The van der Waals surface area contributed by atoms with Crippen molar-refractivity contribution < 1.29 is 4.79 Å². The van der Waals surface area contributed by atoms with Gasteiger partial charge in [-0.3, -0.25) is 4.79 Å². The van der Waals surface area contributed by atoms with Gasteiger partial charge in [0.15, 0.2) is 11.5 Å². The summed E-state index contributed by atoms with van der Waals surface area (Å²) in [6.45, 7) is 0. The third-order valence-corrected chi connectivity index (χ3v) is 3.50. The fraction of sp³-hybridized carbons (Fsp3) is 0. The number of benzene rings is 1. The number of carbonyl (C=O) groups is 1. The first-order valence-corrected chi connectivity index (χ1v) is 7.55. The number of anilines is 1. The van der Waals surface area contributed by atoms with Gasteiger partial charge in [-0.1, -0.05) is 23.4 Å². The van der Waals surface area contributed by atoms with Crippen molar-refractivity contribution in [1.29, 1.82) is 0 Å². The predicted octanol–water partition coefficient (Wildman–Crippen LogP) is 2.10. The van der Waals surface area contributed by atoms with Gasteiger partial charge in [0.2, 0.25) is 0 Å². The Kier molecular flexibility index (Phi) is 3.76. The van der Waals surface area contributed by atoms with E-state index in [1.54, 1.807) is 52.4 Å². The van der Waals surface area contributed by atoms with Gasteiger partial charge in [0.25, 0.3) is 5.91 Å². The summed E-state index contributed by atoms with van der Waals surface area (Å²) in [5.41, 5.74) is 1.57. The smallest absolute Gasteiger partial charge is 0.277 e. The van der Waals surface area contributed by atoms with Gasteiger partial charge >= 0.3 is 0 Å². The molecule has 0 aliphatic heterocycles. The first-order chi connectivity index (χ1) is 12.3. The van der Waals surface area contributed by atoms with Gasteiger partial charge in [0.1, 0.15) is 0 Å². The van der Waals surface area contributed by atoms with Crippen LogP contribution in [0.2, 0.25) is 0 Å². The molecule has 3 heterocycles. The highest BCUT2D eigenvalue weighted by molar-refractivity contribution is 6.03. The van der Waals surface area contributed by atoms with E-state index in [1.807, 2.05) is 30.3 Å². The van der Waals surface area contributed by atoms with E-state index in [-0.39, 0.29) is 11.6 Å². The molecule has 0 unspecified atom stereocenters. The lowest BCUT2D eigenvalue weighted by Gasteiger charge is -2.08. The molecule has 0 bridgehead atoms. The largest absolute Gasteiger partial charge is 0.317 e. The number of aromatic nitrogens is 6. The van der Waals surface area contributed by atoms with Crippen LogP contribution in [0.1, 0.15) is 10.5 Å². The highest BCUT2D eigenvalue weighted by atomic mass is 16.2. The quantitative estimate of drug-likeness (QED) is 0.618. The lowest BCUT2D eigenvalue weighted by Crippen LogP contribution is -2.15. The molecule has 0 atom stereocenters. The lowest BCUT2D eigenvalue weighted by molar-refractivity contribution is 0.102. The molecule has 1 amide bonds. The number of carbonyl (C=O) groups excluding carboxylic acids is 1. The van der Waals surface area contributed by atoms with Crippen molar-refractivity contribution in [2.45, 2.75) is 0 Å². The van der Waals surface area contributed by atoms with Crippen molar-refractivity contribution in [3.8, 4) is 11.5 Å². The molecule has 3 aromatic heterocycles. The molecule has 0 saturated heterocycles. The van der Waals surface area contributed by atoms with E-state index in [2.05, 4.69) is 25.7 Å². The minimum absolute atomic E-state index is 0.208. The Bertz CT molecular complexity index is 993. The van der Waals surface area contributed by atoms with Crippen LogP contribution in [0.15, 0.2) is 73.3 Å². The molecular formula is C17H13N7O. The SMILES string of the molecule is O=C(Nc1cccnc1-n1cccn1)c1cn(-c2ccccc2)nn1. The maximum atomic E-state index is 12.5. The van der Waals surface area contributed by atoms with Crippen LogP contribution in [0.5, 0.6) is 0 Å². The molecule has 0 radical (unpaired) electrons. The van der Waals surface area contributed by atoms with Gasteiger partial charge in [-0.25, -0.2) is 14.3 Å². The standard InChI is InChI=1S/C17H13N7O/c25-17(15-12-24(22-21-15)13-6-2-1-3-7-13)20-14-8-4-9-18-16(14)23-11-5-10-19-23/h1-12H,(H,20,25). The average Bonchev–Trinajstić information content (AvgIpc) is 3.35. The summed E-state index contributed by atoms with van der Waals surface area (Å²) in [7, 11) is 0. The Balaban J connectivity index is 1.59. The normalized spacial score (nSPS) is 10.6. The molecule has 8 heteroatoms. The molecule has 8 nitrogen and oxygen atoms in total.